The van der Waals surface area contributed by atoms with Crippen LogP contribution in [0.2, 0.25) is 0 Å². The average molecular weight is 266 g/mol. The fourth-order valence-corrected chi connectivity index (χ4v) is 1.51. The summed E-state index contributed by atoms with van der Waals surface area (Å²) in [6.45, 7) is 0.0583. The van der Waals surface area contributed by atoms with E-state index in [2.05, 4.69) is 10.2 Å². The van der Waals surface area contributed by atoms with Gasteiger partial charge in [0.05, 0.1) is 12.6 Å². The van der Waals surface area contributed by atoms with Crippen LogP contribution in [0.1, 0.15) is 17.2 Å². The minimum absolute atomic E-state index is 0.291. The number of hydrogen-bond acceptors (Lipinski definition) is 3. The Kier molecular flexibility index (Phi) is 5.06. The third kappa shape index (κ3) is 4.59. The van der Waals surface area contributed by atoms with E-state index >= 15 is 0 Å². The molecule has 0 fully saturated rings. The Morgan fingerprint density at radius 3 is 2.61 bits per heavy atom. The first-order chi connectivity index (χ1) is 8.33. The van der Waals surface area contributed by atoms with Gasteiger partial charge in [-0.1, -0.05) is 6.07 Å². The van der Waals surface area contributed by atoms with Gasteiger partial charge in [0.1, 0.15) is 12.4 Å². The van der Waals surface area contributed by atoms with Gasteiger partial charge in [-0.05, 0) is 30.2 Å². The quantitative estimate of drug-likeness (QED) is 0.488. The highest BCUT2D eigenvalue weighted by Crippen LogP contribution is 2.20. The predicted octanol–water partition coefficient (Wildman–Crippen LogP) is 2.22. The van der Waals surface area contributed by atoms with Crippen LogP contribution in [0.25, 0.3) is 0 Å². The van der Waals surface area contributed by atoms with Gasteiger partial charge in [-0.2, -0.15) is 13.2 Å². The minimum Gasteiger partial charge on any atom is -0.370 e. The van der Waals surface area contributed by atoms with Gasteiger partial charge in [0.25, 0.3) is 0 Å². The van der Waals surface area contributed by atoms with Gasteiger partial charge in [-0.25, -0.2) is 4.39 Å². The SMILES string of the molecule is Cc1ccc(F)cc1C(COCC(F)(F)F)NN. The van der Waals surface area contributed by atoms with Crippen molar-refractivity contribution in [2.75, 3.05) is 13.2 Å². The molecule has 0 aliphatic heterocycles. The summed E-state index contributed by atoms with van der Waals surface area (Å²) in [6.07, 6.45) is -4.39. The number of halogens is 4. The lowest BCUT2D eigenvalue weighted by Gasteiger charge is -2.19. The van der Waals surface area contributed by atoms with Crippen molar-refractivity contribution >= 4 is 0 Å². The maximum Gasteiger partial charge on any atom is 0.411 e. The Morgan fingerprint density at radius 2 is 2.06 bits per heavy atom. The smallest absolute Gasteiger partial charge is 0.370 e. The third-order valence-corrected chi connectivity index (χ3v) is 2.37. The standard InChI is InChI=1S/C11H14F4N2O/c1-7-2-3-8(12)4-9(7)10(17-16)5-18-6-11(13,14)15/h2-4,10,17H,5-6,16H2,1H3. The number of hydrazine groups is 1. The molecule has 3 N–H and O–H groups in total. The van der Waals surface area contributed by atoms with E-state index in [1.54, 1.807) is 6.92 Å². The molecule has 1 rings (SSSR count). The van der Waals surface area contributed by atoms with Crippen LogP contribution in [0, 0.1) is 12.7 Å². The van der Waals surface area contributed by atoms with Crippen molar-refractivity contribution in [1.29, 1.82) is 0 Å². The zero-order valence-electron chi connectivity index (χ0n) is 9.72. The molecule has 3 nitrogen and oxygen atoms in total. The number of aryl methyl sites for hydroxylation is 1. The lowest BCUT2D eigenvalue weighted by atomic mass is 10.0. The Hall–Kier alpha value is -1.18. The fraction of sp³-hybridized carbons (Fsp3) is 0.455. The second-order valence-corrected chi connectivity index (χ2v) is 3.85. The van der Waals surface area contributed by atoms with Gasteiger partial charge >= 0.3 is 6.18 Å². The van der Waals surface area contributed by atoms with Crippen LogP contribution in [-0.2, 0) is 4.74 Å². The van der Waals surface area contributed by atoms with Crippen molar-refractivity contribution in [3.05, 3.63) is 35.1 Å². The molecule has 1 atom stereocenters. The number of rotatable bonds is 5. The Morgan fingerprint density at radius 1 is 1.39 bits per heavy atom. The monoisotopic (exact) mass is 266 g/mol. The highest BCUT2D eigenvalue weighted by Gasteiger charge is 2.28. The molecular weight excluding hydrogens is 252 g/mol. The molecule has 0 amide bonds. The van der Waals surface area contributed by atoms with Crippen LogP contribution in [0.3, 0.4) is 0 Å². The van der Waals surface area contributed by atoms with Crippen molar-refractivity contribution in [3.8, 4) is 0 Å². The van der Waals surface area contributed by atoms with E-state index < -0.39 is 24.6 Å². The van der Waals surface area contributed by atoms with Gasteiger partial charge in [0.2, 0.25) is 0 Å². The van der Waals surface area contributed by atoms with Crippen LogP contribution in [0.4, 0.5) is 17.6 Å². The number of nitrogens with two attached hydrogens (primary N) is 1. The van der Waals surface area contributed by atoms with Crippen LogP contribution >= 0.6 is 0 Å². The largest absolute Gasteiger partial charge is 0.411 e. The van der Waals surface area contributed by atoms with Crippen LogP contribution in [0.5, 0.6) is 0 Å². The lowest BCUT2D eigenvalue weighted by Crippen LogP contribution is -2.33. The van der Waals surface area contributed by atoms with E-state index in [-0.39, 0.29) is 6.61 Å². The zero-order valence-corrected chi connectivity index (χ0v) is 9.72. The Balaban J connectivity index is 2.68. The molecule has 0 aliphatic carbocycles. The van der Waals surface area contributed by atoms with Crippen molar-refractivity contribution in [2.45, 2.75) is 19.1 Å². The maximum atomic E-state index is 13.1. The number of hydrogen-bond donors (Lipinski definition) is 2. The van der Waals surface area contributed by atoms with Crippen molar-refractivity contribution in [2.24, 2.45) is 5.84 Å². The van der Waals surface area contributed by atoms with E-state index in [0.29, 0.717) is 5.56 Å². The molecule has 0 saturated heterocycles. The summed E-state index contributed by atoms with van der Waals surface area (Å²) in [5.41, 5.74) is 3.50. The predicted molar refractivity (Wildman–Crippen MR) is 58.1 cm³/mol. The highest BCUT2D eigenvalue weighted by atomic mass is 19.4. The van der Waals surface area contributed by atoms with Crippen molar-refractivity contribution in [1.82, 2.24) is 5.43 Å². The summed E-state index contributed by atoms with van der Waals surface area (Å²) >= 11 is 0. The van der Waals surface area contributed by atoms with E-state index in [4.69, 9.17) is 5.84 Å². The van der Waals surface area contributed by atoms with Crippen LogP contribution in [0.15, 0.2) is 18.2 Å². The molecule has 102 valence electrons. The van der Waals surface area contributed by atoms with Gasteiger partial charge in [0.15, 0.2) is 0 Å². The van der Waals surface area contributed by atoms with Crippen molar-refractivity contribution < 1.29 is 22.3 Å². The summed E-state index contributed by atoms with van der Waals surface area (Å²) in [5.74, 6) is 4.76. The first kappa shape index (κ1) is 14.9. The normalized spacial score (nSPS) is 13.7. The van der Waals surface area contributed by atoms with Gasteiger partial charge in [-0.3, -0.25) is 11.3 Å². The topological polar surface area (TPSA) is 47.3 Å². The third-order valence-electron chi connectivity index (χ3n) is 2.37. The summed E-state index contributed by atoms with van der Waals surface area (Å²) in [5, 5.41) is 0. The molecule has 0 heterocycles. The number of alkyl halides is 3. The Labute approximate surface area is 102 Å². The summed E-state index contributed by atoms with van der Waals surface area (Å²) in [6, 6.07) is 3.32. The van der Waals surface area contributed by atoms with E-state index in [1.165, 1.54) is 18.2 Å². The van der Waals surface area contributed by atoms with Gasteiger partial charge in [0, 0.05) is 0 Å². The molecule has 7 heteroatoms. The molecule has 18 heavy (non-hydrogen) atoms. The summed E-state index contributed by atoms with van der Waals surface area (Å²) in [7, 11) is 0. The molecule has 0 radical (unpaired) electrons. The van der Waals surface area contributed by atoms with E-state index in [0.717, 1.165) is 5.56 Å². The Bertz CT molecular complexity index is 395. The molecule has 0 aromatic heterocycles. The van der Waals surface area contributed by atoms with Crippen LogP contribution in [-0.4, -0.2) is 19.4 Å². The average Bonchev–Trinajstić information content (AvgIpc) is 2.27. The fourth-order valence-electron chi connectivity index (χ4n) is 1.51. The maximum absolute atomic E-state index is 13.1. The molecule has 0 aliphatic rings. The summed E-state index contributed by atoms with van der Waals surface area (Å²) < 4.78 is 53.3. The van der Waals surface area contributed by atoms with E-state index in [1.807, 2.05) is 0 Å². The first-order valence-corrected chi connectivity index (χ1v) is 5.20. The second-order valence-electron chi connectivity index (χ2n) is 3.85. The second kappa shape index (κ2) is 6.12. The molecule has 1 aromatic carbocycles. The lowest BCUT2D eigenvalue weighted by molar-refractivity contribution is -0.175. The molecule has 1 aromatic rings. The number of benzene rings is 1. The number of nitrogens with one attached hydrogen (secondary N) is 1. The minimum atomic E-state index is -4.39. The van der Waals surface area contributed by atoms with Gasteiger partial charge < -0.3 is 4.74 Å². The van der Waals surface area contributed by atoms with Crippen LogP contribution < -0.4 is 11.3 Å². The highest BCUT2D eigenvalue weighted by molar-refractivity contribution is 5.29. The van der Waals surface area contributed by atoms with E-state index in [9.17, 15) is 17.6 Å². The van der Waals surface area contributed by atoms with Crippen molar-refractivity contribution in [3.63, 3.8) is 0 Å². The zero-order chi connectivity index (χ0) is 13.8. The summed E-state index contributed by atoms with van der Waals surface area (Å²) in [4.78, 5) is 0. The molecular formula is C11H14F4N2O. The molecule has 1 unspecified atom stereocenters. The first-order valence-electron chi connectivity index (χ1n) is 5.20. The molecule has 0 saturated carbocycles. The molecule has 0 spiro atoms. The number of ether oxygens (including phenoxy) is 1. The molecule has 0 bridgehead atoms. The van der Waals surface area contributed by atoms with Gasteiger partial charge in [-0.15, -0.1) is 0 Å².